The van der Waals surface area contributed by atoms with Gasteiger partial charge in [-0.3, -0.25) is 24.4 Å². The summed E-state index contributed by atoms with van der Waals surface area (Å²) in [7, 11) is 1.75. The van der Waals surface area contributed by atoms with Crippen molar-refractivity contribution in [3.8, 4) is 11.5 Å². The van der Waals surface area contributed by atoms with E-state index >= 15 is 0 Å². The van der Waals surface area contributed by atoms with E-state index in [1.165, 1.54) is 11.0 Å². The summed E-state index contributed by atoms with van der Waals surface area (Å²) in [4.78, 5) is 38.3. The maximum absolute atomic E-state index is 13.1. The predicted octanol–water partition coefficient (Wildman–Crippen LogP) is 3.50. The van der Waals surface area contributed by atoms with Crippen molar-refractivity contribution in [1.29, 1.82) is 0 Å². The lowest BCUT2D eigenvalue weighted by atomic mass is 9.93. The van der Waals surface area contributed by atoms with Gasteiger partial charge in [0.05, 0.1) is 17.2 Å². The minimum absolute atomic E-state index is 0.143. The normalized spacial score (nSPS) is 19.1. The van der Waals surface area contributed by atoms with Crippen LogP contribution in [0.25, 0.3) is 10.9 Å². The van der Waals surface area contributed by atoms with E-state index in [0.29, 0.717) is 42.3 Å². The molecule has 3 heterocycles. The first-order valence-corrected chi connectivity index (χ1v) is 12.2. The van der Waals surface area contributed by atoms with Crippen molar-refractivity contribution in [3.63, 3.8) is 0 Å². The zero-order chi connectivity index (χ0) is 27.2. The average Bonchev–Trinajstić information content (AvgIpc) is 3.20. The van der Waals surface area contributed by atoms with Crippen LogP contribution in [-0.2, 0) is 22.8 Å². The number of likely N-dealkylation sites (tertiary alicyclic amines) is 1. The quantitative estimate of drug-likeness (QED) is 0.500. The molecule has 1 unspecified atom stereocenters. The van der Waals surface area contributed by atoms with Gasteiger partial charge in [0.25, 0.3) is 5.91 Å². The van der Waals surface area contributed by atoms with Crippen molar-refractivity contribution >= 4 is 28.6 Å². The first-order valence-electron chi connectivity index (χ1n) is 12.2. The second-order valence-electron chi connectivity index (χ2n) is 9.50. The molecule has 3 amide bonds. The predicted molar refractivity (Wildman–Crippen MR) is 129 cm³/mol. The molecule has 2 aliphatic heterocycles. The molecule has 9 nitrogen and oxygen atoms in total. The molecule has 2 aliphatic rings. The van der Waals surface area contributed by atoms with E-state index < -0.39 is 29.3 Å². The van der Waals surface area contributed by atoms with Crippen molar-refractivity contribution in [3.05, 3.63) is 53.2 Å². The number of phenols is 1. The monoisotopic (exact) mass is 530 g/mol. The zero-order valence-electron chi connectivity index (χ0n) is 20.4. The maximum Gasteiger partial charge on any atom is 0.419 e. The number of ether oxygens (including phenoxy) is 1. The molecule has 0 aliphatic carbocycles. The third-order valence-corrected chi connectivity index (χ3v) is 7.00. The topological polar surface area (TPSA) is 114 Å². The average molecular weight is 531 g/mol. The zero-order valence-corrected chi connectivity index (χ0v) is 20.4. The van der Waals surface area contributed by atoms with E-state index in [1.54, 1.807) is 23.9 Å². The molecule has 1 atom stereocenters. The van der Waals surface area contributed by atoms with Crippen LogP contribution in [0.15, 0.2) is 36.4 Å². The van der Waals surface area contributed by atoms with E-state index in [-0.39, 0.29) is 43.0 Å². The van der Waals surface area contributed by atoms with Crippen molar-refractivity contribution in [1.82, 2.24) is 20.0 Å². The van der Waals surface area contributed by atoms with Gasteiger partial charge in [-0.1, -0.05) is 12.1 Å². The molecule has 1 aromatic heterocycles. The largest absolute Gasteiger partial charge is 0.507 e. The molecule has 0 radical (unpaired) electrons. The molecule has 2 saturated heterocycles. The van der Waals surface area contributed by atoms with E-state index in [0.717, 1.165) is 11.5 Å². The number of benzene rings is 2. The molecule has 2 aromatic carbocycles. The number of halogens is 3. The summed E-state index contributed by atoms with van der Waals surface area (Å²) >= 11 is 0. The SMILES string of the molecule is Cn1nc(C2CCC(=O)NC2=O)c2cccc(OC3CCN(C(=O)c4ccc(O)c(C(F)(F)F)c4)CC3)c21. The van der Waals surface area contributed by atoms with Gasteiger partial charge >= 0.3 is 6.18 Å². The standard InChI is InChI=1S/C26H25F3N4O5/c1-32-23-16(22(31-32)17-6-8-21(35)30-24(17)36)3-2-4-20(23)38-15-9-11-33(12-10-15)25(37)14-5-7-19(34)18(13-14)26(27,28)29/h2-5,7,13,15,17,34H,6,8-12H2,1H3,(H,30,35,36). The second-order valence-corrected chi connectivity index (χ2v) is 9.50. The summed E-state index contributed by atoms with van der Waals surface area (Å²) in [6, 6.07) is 8.18. The molecule has 12 heteroatoms. The molecular weight excluding hydrogens is 505 g/mol. The molecule has 2 N–H and O–H groups in total. The van der Waals surface area contributed by atoms with Crippen molar-refractivity contribution < 1.29 is 37.4 Å². The first-order chi connectivity index (χ1) is 18.0. The number of fused-ring (bicyclic) bond motifs is 1. The Morgan fingerprint density at radius 3 is 2.55 bits per heavy atom. The Hall–Kier alpha value is -4.09. The Morgan fingerprint density at radius 2 is 1.87 bits per heavy atom. The molecule has 0 spiro atoms. The van der Waals surface area contributed by atoms with Crippen LogP contribution in [0.5, 0.6) is 11.5 Å². The number of carbonyl (C=O) groups excluding carboxylic acids is 3. The Labute approximate surface area is 215 Å². The number of aryl methyl sites for hydroxylation is 1. The highest BCUT2D eigenvalue weighted by Gasteiger charge is 2.36. The summed E-state index contributed by atoms with van der Waals surface area (Å²) in [5, 5.41) is 17.2. The van der Waals surface area contributed by atoms with Gasteiger partial charge in [-0.15, -0.1) is 0 Å². The summed E-state index contributed by atoms with van der Waals surface area (Å²) in [5.41, 5.74) is -0.113. The third-order valence-electron chi connectivity index (χ3n) is 7.00. The minimum atomic E-state index is -4.77. The number of rotatable bonds is 4. The van der Waals surface area contributed by atoms with E-state index in [9.17, 15) is 32.7 Å². The van der Waals surface area contributed by atoms with Crippen LogP contribution in [0, 0.1) is 0 Å². The summed E-state index contributed by atoms with van der Waals surface area (Å²) in [6.45, 7) is 0.573. The van der Waals surface area contributed by atoms with Crippen LogP contribution in [0.2, 0.25) is 0 Å². The number of amides is 3. The second kappa shape index (κ2) is 9.66. The van der Waals surface area contributed by atoms with E-state index in [4.69, 9.17) is 4.74 Å². The minimum Gasteiger partial charge on any atom is -0.507 e. The van der Waals surface area contributed by atoms with Crippen molar-refractivity contribution in [2.75, 3.05) is 13.1 Å². The van der Waals surface area contributed by atoms with Crippen LogP contribution in [0.3, 0.4) is 0 Å². The highest BCUT2D eigenvalue weighted by Crippen LogP contribution is 2.37. The Bertz CT molecular complexity index is 1430. The Kier molecular flexibility index (Phi) is 6.49. The lowest BCUT2D eigenvalue weighted by Gasteiger charge is -2.32. The molecule has 38 heavy (non-hydrogen) atoms. The highest BCUT2D eigenvalue weighted by molar-refractivity contribution is 6.03. The lowest BCUT2D eigenvalue weighted by Crippen LogP contribution is -2.41. The van der Waals surface area contributed by atoms with Gasteiger partial charge in [-0.05, 0) is 30.7 Å². The molecular formula is C26H25F3N4O5. The van der Waals surface area contributed by atoms with Gasteiger partial charge in [0.1, 0.15) is 23.1 Å². The van der Waals surface area contributed by atoms with Crippen LogP contribution in [-0.4, -0.2) is 56.7 Å². The summed E-state index contributed by atoms with van der Waals surface area (Å²) < 4.78 is 47.3. The van der Waals surface area contributed by atoms with Crippen LogP contribution in [0.4, 0.5) is 13.2 Å². The number of aromatic hydroxyl groups is 1. The fraction of sp³-hybridized carbons (Fsp3) is 0.385. The number of para-hydroxylation sites is 1. The van der Waals surface area contributed by atoms with Gasteiger partial charge < -0.3 is 14.7 Å². The fourth-order valence-electron chi connectivity index (χ4n) is 5.07. The number of nitrogens with one attached hydrogen (secondary N) is 1. The number of alkyl halides is 3. The molecule has 2 fully saturated rings. The van der Waals surface area contributed by atoms with E-state index in [1.807, 2.05) is 6.07 Å². The highest BCUT2D eigenvalue weighted by atomic mass is 19.4. The van der Waals surface area contributed by atoms with E-state index in [2.05, 4.69) is 10.4 Å². The Balaban J connectivity index is 1.29. The molecule has 5 rings (SSSR count). The lowest BCUT2D eigenvalue weighted by molar-refractivity contribution is -0.139. The molecule has 0 saturated carbocycles. The maximum atomic E-state index is 13.1. The molecule has 200 valence electrons. The van der Waals surface area contributed by atoms with Gasteiger partial charge in [-0.2, -0.15) is 18.3 Å². The third kappa shape index (κ3) is 4.77. The number of imide groups is 1. The first kappa shape index (κ1) is 25.6. The number of aromatic nitrogens is 2. The molecule has 3 aromatic rings. The van der Waals surface area contributed by atoms with Gasteiger partial charge in [-0.25, -0.2) is 0 Å². The number of nitrogens with zero attached hydrogens (tertiary/aromatic N) is 3. The number of piperidine rings is 2. The number of hydrogen-bond donors (Lipinski definition) is 2. The van der Waals surface area contributed by atoms with Gasteiger partial charge in [0.2, 0.25) is 11.8 Å². The van der Waals surface area contributed by atoms with Crippen LogP contribution >= 0.6 is 0 Å². The van der Waals surface area contributed by atoms with Gasteiger partial charge in [0, 0.05) is 50.3 Å². The Morgan fingerprint density at radius 1 is 1.13 bits per heavy atom. The van der Waals surface area contributed by atoms with Crippen molar-refractivity contribution in [2.45, 2.75) is 43.9 Å². The number of hydrogen-bond acceptors (Lipinski definition) is 6. The van der Waals surface area contributed by atoms with Crippen molar-refractivity contribution in [2.24, 2.45) is 7.05 Å². The number of carbonyl (C=O) groups is 3. The van der Waals surface area contributed by atoms with Crippen LogP contribution < -0.4 is 10.1 Å². The summed E-state index contributed by atoms with van der Waals surface area (Å²) in [6.07, 6.45) is -3.48. The fourth-order valence-corrected chi connectivity index (χ4v) is 5.07. The number of phenolic OH excluding ortho intramolecular Hbond substituents is 1. The van der Waals surface area contributed by atoms with Crippen LogP contribution in [0.1, 0.15) is 53.2 Å². The smallest absolute Gasteiger partial charge is 0.419 e. The molecule has 0 bridgehead atoms. The summed E-state index contributed by atoms with van der Waals surface area (Å²) in [5.74, 6) is -2.12. The van der Waals surface area contributed by atoms with Gasteiger partial charge in [0.15, 0.2) is 0 Å².